The molecule has 5 nitrogen and oxygen atoms in total. The van der Waals surface area contributed by atoms with Crippen molar-refractivity contribution >= 4 is 31.6 Å². The predicted molar refractivity (Wildman–Crippen MR) is 82.4 cm³/mol. The number of benzene rings is 1. The molecule has 1 rings (SSSR count). The largest absolute Gasteiger partial charge is 0.399 e. The minimum absolute atomic E-state index is 0.165. The van der Waals surface area contributed by atoms with Crippen LogP contribution in [0.2, 0.25) is 0 Å². The zero-order chi connectivity index (χ0) is 15.3. The third-order valence-corrected chi connectivity index (χ3v) is 5.46. The predicted octanol–water partition coefficient (Wildman–Crippen LogP) is 2.59. The number of sulfonamides is 1. The Morgan fingerprint density at radius 1 is 1.45 bits per heavy atom. The van der Waals surface area contributed by atoms with Crippen LogP contribution in [0.25, 0.3) is 0 Å². The highest BCUT2D eigenvalue weighted by molar-refractivity contribution is 9.10. The lowest BCUT2D eigenvalue weighted by atomic mass is 10.2. The van der Waals surface area contributed by atoms with Gasteiger partial charge in [0.15, 0.2) is 0 Å². The van der Waals surface area contributed by atoms with Crippen LogP contribution in [0.1, 0.15) is 20.3 Å². The van der Waals surface area contributed by atoms with E-state index >= 15 is 0 Å². The molecule has 0 aliphatic carbocycles. The molecule has 0 aliphatic rings. The average Bonchev–Trinajstić information content (AvgIpc) is 2.33. The van der Waals surface area contributed by atoms with E-state index in [-0.39, 0.29) is 23.8 Å². The van der Waals surface area contributed by atoms with Gasteiger partial charge in [-0.1, -0.05) is 13.8 Å². The van der Waals surface area contributed by atoms with Crippen LogP contribution in [0, 0.1) is 17.2 Å². The smallest absolute Gasteiger partial charge is 0.244 e. The molecular weight excluding hydrogens is 342 g/mol. The summed E-state index contributed by atoms with van der Waals surface area (Å²) in [7, 11) is -3.64. The van der Waals surface area contributed by atoms with Gasteiger partial charge in [-0.3, -0.25) is 0 Å². The fourth-order valence-corrected chi connectivity index (χ4v) is 4.42. The van der Waals surface area contributed by atoms with Crippen LogP contribution < -0.4 is 5.73 Å². The molecule has 0 saturated heterocycles. The molecule has 0 amide bonds. The normalized spacial score (nSPS) is 11.8. The molecule has 1 aromatic rings. The van der Waals surface area contributed by atoms with Crippen LogP contribution in [0.15, 0.2) is 27.6 Å². The fraction of sp³-hybridized carbons (Fsp3) is 0.462. The Kier molecular flexibility index (Phi) is 5.99. The number of nitrogen functional groups attached to an aromatic ring is 1. The van der Waals surface area contributed by atoms with Gasteiger partial charge < -0.3 is 5.73 Å². The summed E-state index contributed by atoms with van der Waals surface area (Å²) in [5.41, 5.74) is 6.12. The Morgan fingerprint density at radius 3 is 2.60 bits per heavy atom. The summed E-state index contributed by atoms with van der Waals surface area (Å²) in [5, 5.41) is 8.68. The molecule has 110 valence electrons. The highest BCUT2D eigenvalue weighted by Gasteiger charge is 2.26. The van der Waals surface area contributed by atoms with Gasteiger partial charge in [0.25, 0.3) is 0 Å². The number of hydrogen-bond donors (Lipinski definition) is 1. The van der Waals surface area contributed by atoms with Gasteiger partial charge in [0.1, 0.15) is 0 Å². The van der Waals surface area contributed by atoms with Gasteiger partial charge in [0.2, 0.25) is 10.0 Å². The molecule has 0 aliphatic heterocycles. The van der Waals surface area contributed by atoms with Crippen molar-refractivity contribution in [1.29, 1.82) is 5.26 Å². The molecule has 0 unspecified atom stereocenters. The van der Waals surface area contributed by atoms with Crippen molar-refractivity contribution in [3.05, 3.63) is 22.7 Å². The second-order valence-corrected chi connectivity index (χ2v) is 7.62. The van der Waals surface area contributed by atoms with Crippen molar-refractivity contribution in [1.82, 2.24) is 4.31 Å². The van der Waals surface area contributed by atoms with Crippen LogP contribution in [0.5, 0.6) is 0 Å². The molecule has 20 heavy (non-hydrogen) atoms. The Bertz CT molecular complexity index is 609. The van der Waals surface area contributed by atoms with Crippen LogP contribution in [-0.2, 0) is 10.0 Å². The number of rotatable bonds is 6. The highest BCUT2D eigenvalue weighted by atomic mass is 79.9. The molecule has 7 heteroatoms. The second-order valence-electron chi connectivity index (χ2n) is 4.85. The summed E-state index contributed by atoms with van der Waals surface area (Å²) >= 11 is 3.23. The molecule has 0 spiro atoms. The standard InChI is InChI=1S/C13H18BrN3O2S/c1-10(2)9-17(7-3-6-15)20(18,19)13-5-4-11(16)8-12(13)14/h4-5,8,10H,3,7,9,16H2,1-2H3. The molecule has 0 fully saturated rings. The van der Waals surface area contributed by atoms with E-state index in [1.807, 2.05) is 19.9 Å². The fourth-order valence-electron chi connectivity index (χ4n) is 1.76. The summed E-state index contributed by atoms with van der Waals surface area (Å²) in [5.74, 6) is 0.177. The van der Waals surface area contributed by atoms with E-state index < -0.39 is 10.0 Å². The minimum atomic E-state index is -3.64. The summed E-state index contributed by atoms with van der Waals surface area (Å²) in [6.45, 7) is 4.44. The molecule has 0 saturated carbocycles. The molecule has 0 bridgehead atoms. The van der Waals surface area contributed by atoms with Crippen molar-refractivity contribution in [2.75, 3.05) is 18.8 Å². The van der Waals surface area contributed by atoms with Crippen LogP contribution in [0.4, 0.5) is 5.69 Å². The van der Waals surface area contributed by atoms with Crippen LogP contribution in [-0.4, -0.2) is 25.8 Å². The number of nitrogens with two attached hydrogens (primary N) is 1. The number of nitrogens with zero attached hydrogens (tertiary/aromatic N) is 2. The summed E-state index contributed by atoms with van der Waals surface area (Å²) in [4.78, 5) is 0.172. The summed E-state index contributed by atoms with van der Waals surface area (Å²) < 4.78 is 27.1. The summed E-state index contributed by atoms with van der Waals surface area (Å²) in [6, 6.07) is 6.57. The van der Waals surface area contributed by atoms with E-state index in [0.717, 1.165) is 0 Å². The van der Waals surface area contributed by atoms with Gasteiger partial charge in [-0.15, -0.1) is 0 Å². The van der Waals surface area contributed by atoms with Gasteiger partial charge >= 0.3 is 0 Å². The van der Waals surface area contributed by atoms with Crippen molar-refractivity contribution in [3.63, 3.8) is 0 Å². The van der Waals surface area contributed by atoms with Crippen LogP contribution in [0.3, 0.4) is 0 Å². The Labute approximate surface area is 128 Å². The average molecular weight is 360 g/mol. The molecule has 0 atom stereocenters. The first-order valence-corrected chi connectivity index (χ1v) is 8.44. The monoisotopic (exact) mass is 359 g/mol. The van der Waals surface area contributed by atoms with E-state index in [1.165, 1.54) is 10.4 Å². The topological polar surface area (TPSA) is 87.2 Å². The second kappa shape index (κ2) is 7.07. The van der Waals surface area contributed by atoms with Crippen molar-refractivity contribution in [2.45, 2.75) is 25.2 Å². The molecule has 1 aromatic carbocycles. The number of hydrogen-bond acceptors (Lipinski definition) is 4. The lowest BCUT2D eigenvalue weighted by Gasteiger charge is -2.23. The van der Waals surface area contributed by atoms with E-state index in [1.54, 1.807) is 12.1 Å². The van der Waals surface area contributed by atoms with E-state index in [9.17, 15) is 8.42 Å². The Morgan fingerprint density at radius 2 is 2.10 bits per heavy atom. The maximum absolute atomic E-state index is 12.7. The quantitative estimate of drug-likeness (QED) is 0.790. The zero-order valence-corrected chi connectivity index (χ0v) is 13.9. The lowest BCUT2D eigenvalue weighted by Crippen LogP contribution is -2.35. The van der Waals surface area contributed by atoms with Gasteiger partial charge in [-0.25, -0.2) is 8.42 Å². The van der Waals surface area contributed by atoms with Gasteiger partial charge in [0, 0.05) is 29.7 Å². The molecule has 0 radical (unpaired) electrons. The zero-order valence-electron chi connectivity index (χ0n) is 11.5. The first kappa shape index (κ1) is 17.0. The molecular formula is C13H18BrN3O2S. The van der Waals surface area contributed by atoms with Crippen molar-refractivity contribution in [3.8, 4) is 6.07 Å². The van der Waals surface area contributed by atoms with E-state index in [4.69, 9.17) is 11.0 Å². The lowest BCUT2D eigenvalue weighted by molar-refractivity contribution is 0.372. The third-order valence-electron chi connectivity index (χ3n) is 2.62. The van der Waals surface area contributed by atoms with E-state index in [2.05, 4.69) is 15.9 Å². The number of anilines is 1. The molecule has 2 N–H and O–H groups in total. The Hall–Kier alpha value is -1.10. The minimum Gasteiger partial charge on any atom is -0.399 e. The van der Waals surface area contributed by atoms with Crippen molar-refractivity contribution < 1.29 is 8.42 Å². The first-order chi connectivity index (χ1) is 9.28. The van der Waals surface area contributed by atoms with E-state index in [0.29, 0.717) is 16.7 Å². The maximum atomic E-state index is 12.7. The molecule has 0 aromatic heterocycles. The Balaban J connectivity index is 3.18. The SMILES string of the molecule is CC(C)CN(CCC#N)S(=O)(=O)c1ccc(N)cc1Br. The third kappa shape index (κ3) is 4.20. The van der Waals surface area contributed by atoms with Gasteiger partial charge in [-0.2, -0.15) is 9.57 Å². The van der Waals surface area contributed by atoms with Gasteiger partial charge in [-0.05, 0) is 40.0 Å². The van der Waals surface area contributed by atoms with Crippen LogP contribution >= 0.6 is 15.9 Å². The summed E-state index contributed by atoms with van der Waals surface area (Å²) in [6.07, 6.45) is 0.165. The number of halogens is 1. The molecule has 0 heterocycles. The van der Waals surface area contributed by atoms with Crippen molar-refractivity contribution in [2.24, 2.45) is 5.92 Å². The first-order valence-electron chi connectivity index (χ1n) is 6.21. The number of nitriles is 1. The maximum Gasteiger partial charge on any atom is 0.244 e. The van der Waals surface area contributed by atoms with Gasteiger partial charge in [0.05, 0.1) is 11.0 Å². The highest BCUT2D eigenvalue weighted by Crippen LogP contribution is 2.27.